The molecule has 1 unspecified atom stereocenters. The molecule has 0 amide bonds. The van der Waals surface area contributed by atoms with Gasteiger partial charge in [0.15, 0.2) is 0 Å². The van der Waals surface area contributed by atoms with Crippen LogP contribution in [0.1, 0.15) is 13.3 Å². The Kier molecular flexibility index (Phi) is 3.22. The van der Waals surface area contributed by atoms with Gasteiger partial charge in [0.05, 0.1) is 4.71 Å². The van der Waals surface area contributed by atoms with Crippen LogP contribution in [-0.4, -0.2) is 4.71 Å². The molecule has 0 N–H and O–H groups in total. The van der Waals surface area contributed by atoms with Crippen LogP contribution < -0.4 is 0 Å². The van der Waals surface area contributed by atoms with E-state index in [4.69, 9.17) is 11.6 Å². The highest BCUT2D eigenvalue weighted by Crippen LogP contribution is 2.02. The normalized spacial score (nSPS) is 15.0. The van der Waals surface area contributed by atoms with Crippen LogP contribution in [0.5, 0.6) is 0 Å². The van der Waals surface area contributed by atoms with E-state index in [1.54, 1.807) is 0 Å². The van der Waals surface area contributed by atoms with Crippen molar-refractivity contribution in [3.63, 3.8) is 0 Å². The maximum atomic E-state index is 5.33. The molecule has 0 aliphatic rings. The van der Waals surface area contributed by atoms with Gasteiger partial charge < -0.3 is 0 Å². The van der Waals surface area contributed by atoms with Gasteiger partial charge in [0.25, 0.3) is 0 Å². The Labute approximate surface area is 42.9 Å². The molecule has 0 saturated carbocycles. The summed E-state index contributed by atoms with van der Waals surface area (Å²) in [5.41, 5.74) is 0. The summed E-state index contributed by atoms with van der Waals surface area (Å²) in [7, 11) is 0. The first-order valence-corrected chi connectivity index (χ1v) is 2.54. The van der Waals surface area contributed by atoms with Crippen molar-refractivity contribution in [1.29, 1.82) is 0 Å². The Balaban J connectivity index is 2.54. The first-order chi connectivity index (χ1) is 2.27. The molecule has 0 bridgehead atoms. The number of halogens is 1. The molecule has 0 aromatic heterocycles. The summed E-state index contributed by atoms with van der Waals surface area (Å²) < 4.78 is 0.0509. The van der Waals surface area contributed by atoms with Crippen molar-refractivity contribution in [2.24, 2.45) is 0 Å². The van der Waals surface area contributed by atoms with E-state index in [1.165, 1.54) is 0 Å². The minimum absolute atomic E-state index is 0.0509. The molecule has 2 heteroatoms. The average Bonchev–Trinajstić information content (AvgIpc) is 1.38. The predicted molar refractivity (Wildman–Crippen MR) is 28.9 cm³/mol. The van der Waals surface area contributed by atoms with Crippen molar-refractivity contribution in [3.8, 4) is 0 Å². The Morgan fingerprint density at radius 2 is 2.20 bits per heavy atom. The monoisotopic (exact) mass is 110 g/mol. The molecule has 0 aliphatic heterocycles. The maximum Gasteiger partial charge on any atom is 0.0756 e. The quantitative estimate of drug-likeness (QED) is 0.387. The fourth-order valence-electron chi connectivity index (χ4n) is 0. The van der Waals surface area contributed by atoms with E-state index >= 15 is 0 Å². The van der Waals surface area contributed by atoms with Gasteiger partial charge in [-0.3, -0.25) is 0 Å². The van der Waals surface area contributed by atoms with E-state index in [0.29, 0.717) is 0 Å². The number of thiol groups is 1. The lowest BCUT2D eigenvalue weighted by atomic mass is 10.6. The minimum Gasteiger partial charge on any atom is -0.160 e. The van der Waals surface area contributed by atoms with Crippen molar-refractivity contribution in [3.05, 3.63) is 0 Å². The summed E-state index contributed by atoms with van der Waals surface area (Å²) in [6.45, 7) is 1.99. The van der Waals surface area contributed by atoms with E-state index < -0.39 is 0 Å². The van der Waals surface area contributed by atoms with E-state index in [1.807, 2.05) is 6.92 Å². The first-order valence-electron chi connectivity index (χ1n) is 1.59. The zero-order chi connectivity index (χ0) is 4.28. The summed E-state index contributed by atoms with van der Waals surface area (Å²) in [5, 5.41) is 0. The Hall–Kier alpha value is 0.640. The second kappa shape index (κ2) is 2.86. The average molecular weight is 111 g/mol. The molecule has 0 saturated heterocycles. The van der Waals surface area contributed by atoms with Gasteiger partial charge in [0, 0.05) is 0 Å². The smallest absolute Gasteiger partial charge is 0.0756 e. The van der Waals surface area contributed by atoms with Crippen molar-refractivity contribution < 1.29 is 0 Å². The summed E-state index contributed by atoms with van der Waals surface area (Å²) in [6.07, 6.45) is 0.935. The molecule has 1 atom stereocenters. The molecule has 0 rings (SSSR count). The highest BCUT2D eigenvalue weighted by Gasteiger charge is 1.84. The Morgan fingerprint density at radius 3 is 2.20 bits per heavy atom. The zero-order valence-corrected chi connectivity index (χ0v) is 4.76. The Bertz CT molecular complexity index is 20.9. The maximum absolute atomic E-state index is 5.33. The van der Waals surface area contributed by atoms with Gasteiger partial charge in [-0.25, -0.2) is 0 Å². The lowest BCUT2D eigenvalue weighted by Crippen LogP contribution is -1.76. The van der Waals surface area contributed by atoms with E-state index in [2.05, 4.69) is 12.6 Å². The van der Waals surface area contributed by atoms with Crippen molar-refractivity contribution in [2.45, 2.75) is 18.1 Å². The van der Waals surface area contributed by atoms with Crippen molar-refractivity contribution >= 4 is 24.2 Å². The van der Waals surface area contributed by atoms with Crippen LogP contribution in [0.4, 0.5) is 0 Å². The molecule has 0 heterocycles. The number of hydrogen-bond donors (Lipinski definition) is 1. The lowest BCUT2D eigenvalue weighted by Gasteiger charge is -1.86. The zero-order valence-electron chi connectivity index (χ0n) is 3.11. The topological polar surface area (TPSA) is 0 Å². The van der Waals surface area contributed by atoms with Gasteiger partial charge in [-0.15, -0.1) is 11.6 Å². The molecular formula is C3H7ClS. The summed E-state index contributed by atoms with van der Waals surface area (Å²) in [4.78, 5) is 0. The predicted octanol–water partition coefficient (Wildman–Crippen LogP) is 1.89. The van der Waals surface area contributed by atoms with Crippen molar-refractivity contribution in [2.75, 3.05) is 0 Å². The molecular weight excluding hydrogens is 104 g/mol. The molecule has 0 nitrogen and oxygen atoms in total. The molecule has 32 valence electrons. The number of hydrogen-bond acceptors (Lipinski definition) is 1. The van der Waals surface area contributed by atoms with E-state index in [9.17, 15) is 0 Å². The number of rotatable bonds is 1. The summed E-state index contributed by atoms with van der Waals surface area (Å²) in [6, 6.07) is 0. The SMILES string of the molecule is CCC(S)Cl. The lowest BCUT2D eigenvalue weighted by molar-refractivity contribution is 1.05. The third-order valence-corrected chi connectivity index (χ3v) is 1.01. The number of alkyl halides is 1. The molecule has 0 spiro atoms. The molecule has 0 fully saturated rings. The highest BCUT2D eigenvalue weighted by molar-refractivity contribution is 7.82. The van der Waals surface area contributed by atoms with Crippen LogP contribution >= 0.6 is 24.2 Å². The first kappa shape index (κ1) is 5.64. The molecule has 0 radical (unpaired) electrons. The summed E-state index contributed by atoms with van der Waals surface area (Å²) in [5.74, 6) is 0. The van der Waals surface area contributed by atoms with Gasteiger partial charge in [0.2, 0.25) is 0 Å². The molecule has 0 aromatic carbocycles. The molecule has 0 aromatic rings. The van der Waals surface area contributed by atoms with Crippen LogP contribution in [0.25, 0.3) is 0 Å². The van der Waals surface area contributed by atoms with E-state index in [0.717, 1.165) is 6.42 Å². The second-order valence-electron chi connectivity index (χ2n) is 0.843. The van der Waals surface area contributed by atoms with Crippen LogP contribution in [0.3, 0.4) is 0 Å². The fourth-order valence-corrected chi connectivity index (χ4v) is 0. The van der Waals surface area contributed by atoms with Crippen molar-refractivity contribution in [1.82, 2.24) is 0 Å². The van der Waals surface area contributed by atoms with Gasteiger partial charge in [-0.2, -0.15) is 12.6 Å². The third-order valence-electron chi connectivity index (χ3n) is 0.337. The van der Waals surface area contributed by atoms with Crippen LogP contribution in [-0.2, 0) is 0 Å². The highest BCUT2D eigenvalue weighted by atomic mass is 35.5. The van der Waals surface area contributed by atoms with Gasteiger partial charge in [-0.05, 0) is 6.42 Å². The standard InChI is InChI=1S/C3H7ClS/c1-2-3(4)5/h3,5H,2H2,1H3. The van der Waals surface area contributed by atoms with Gasteiger partial charge in [-0.1, -0.05) is 6.92 Å². The van der Waals surface area contributed by atoms with E-state index in [-0.39, 0.29) is 4.71 Å². The molecule has 0 aliphatic carbocycles. The van der Waals surface area contributed by atoms with Gasteiger partial charge >= 0.3 is 0 Å². The van der Waals surface area contributed by atoms with Crippen LogP contribution in [0.15, 0.2) is 0 Å². The Morgan fingerprint density at radius 1 is 2.00 bits per heavy atom. The van der Waals surface area contributed by atoms with Crippen LogP contribution in [0, 0.1) is 0 Å². The second-order valence-corrected chi connectivity index (χ2v) is 2.30. The third kappa shape index (κ3) is 4.64. The fraction of sp³-hybridized carbons (Fsp3) is 1.00. The largest absolute Gasteiger partial charge is 0.160 e. The minimum atomic E-state index is 0.0509. The molecule has 5 heavy (non-hydrogen) atoms. The van der Waals surface area contributed by atoms with Crippen LogP contribution in [0.2, 0.25) is 0 Å². The summed E-state index contributed by atoms with van der Waals surface area (Å²) >= 11 is 9.19. The van der Waals surface area contributed by atoms with Gasteiger partial charge in [0.1, 0.15) is 0 Å².